The van der Waals surface area contributed by atoms with Gasteiger partial charge in [0.2, 0.25) is 0 Å². The molecule has 1 amide bonds. The van der Waals surface area contributed by atoms with Gasteiger partial charge in [0.25, 0.3) is 5.91 Å². The summed E-state index contributed by atoms with van der Waals surface area (Å²) in [5, 5.41) is 3.50. The van der Waals surface area contributed by atoms with Crippen LogP contribution in [0.2, 0.25) is 0 Å². The molecule has 1 saturated heterocycles. The lowest BCUT2D eigenvalue weighted by molar-refractivity contribution is 0.0708. The SMILES string of the molecule is COc1ccc(NC2CCCN(C(=O)c3cc(C)nc(C)n3)C2)cc1OC. The molecular formula is C20H26N4O3. The average molecular weight is 370 g/mol. The van der Waals surface area contributed by atoms with Crippen LogP contribution < -0.4 is 14.8 Å². The van der Waals surface area contributed by atoms with Gasteiger partial charge in [-0.2, -0.15) is 0 Å². The van der Waals surface area contributed by atoms with Gasteiger partial charge in [-0.15, -0.1) is 0 Å². The Morgan fingerprint density at radius 3 is 2.63 bits per heavy atom. The van der Waals surface area contributed by atoms with Gasteiger partial charge in [0.1, 0.15) is 11.5 Å². The van der Waals surface area contributed by atoms with Crippen molar-refractivity contribution in [3.8, 4) is 11.5 Å². The van der Waals surface area contributed by atoms with Crippen molar-refractivity contribution in [1.29, 1.82) is 0 Å². The fourth-order valence-electron chi connectivity index (χ4n) is 3.43. The number of carbonyl (C=O) groups excluding carboxylic acids is 1. The van der Waals surface area contributed by atoms with E-state index in [1.54, 1.807) is 27.2 Å². The Morgan fingerprint density at radius 2 is 1.93 bits per heavy atom. The number of aryl methyl sites for hydroxylation is 2. The summed E-state index contributed by atoms with van der Waals surface area (Å²) in [5.41, 5.74) is 2.22. The minimum absolute atomic E-state index is 0.0394. The molecular weight excluding hydrogens is 344 g/mol. The fourth-order valence-corrected chi connectivity index (χ4v) is 3.43. The molecule has 0 saturated carbocycles. The van der Waals surface area contributed by atoms with Gasteiger partial charge in [-0.1, -0.05) is 0 Å². The monoisotopic (exact) mass is 370 g/mol. The zero-order chi connectivity index (χ0) is 19.4. The first-order valence-electron chi connectivity index (χ1n) is 9.10. The van der Waals surface area contributed by atoms with E-state index in [1.165, 1.54) is 0 Å². The summed E-state index contributed by atoms with van der Waals surface area (Å²) in [6, 6.07) is 7.67. The fraction of sp³-hybridized carbons (Fsp3) is 0.450. The normalized spacial score (nSPS) is 16.7. The largest absolute Gasteiger partial charge is 0.493 e. The van der Waals surface area contributed by atoms with Crippen LogP contribution in [0.4, 0.5) is 5.69 Å². The molecule has 3 rings (SSSR count). The summed E-state index contributed by atoms with van der Waals surface area (Å²) in [7, 11) is 3.24. The highest BCUT2D eigenvalue weighted by molar-refractivity contribution is 5.92. The van der Waals surface area contributed by atoms with Gasteiger partial charge in [-0.3, -0.25) is 4.79 Å². The molecule has 1 fully saturated rings. The van der Waals surface area contributed by atoms with E-state index >= 15 is 0 Å². The lowest BCUT2D eigenvalue weighted by Crippen LogP contribution is -2.45. The Morgan fingerprint density at radius 1 is 1.15 bits per heavy atom. The van der Waals surface area contributed by atoms with Crippen LogP contribution in [0.1, 0.15) is 34.8 Å². The molecule has 1 aliphatic rings. The number of hydrogen-bond acceptors (Lipinski definition) is 6. The topological polar surface area (TPSA) is 76.6 Å². The maximum Gasteiger partial charge on any atom is 0.272 e. The van der Waals surface area contributed by atoms with Gasteiger partial charge in [0.15, 0.2) is 11.5 Å². The highest BCUT2D eigenvalue weighted by Crippen LogP contribution is 2.30. The molecule has 2 aromatic rings. The highest BCUT2D eigenvalue weighted by Gasteiger charge is 2.25. The van der Waals surface area contributed by atoms with Gasteiger partial charge in [0, 0.05) is 36.6 Å². The maximum atomic E-state index is 12.9. The Balaban J connectivity index is 1.70. The van der Waals surface area contributed by atoms with E-state index < -0.39 is 0 Å². The molecule has 0 aliphatic carbocycles. The molecule has 1 atom stereocenters. The number of methoxy groups -OCH3 is 2. The minimum atomic E-state index is -0.0394. The Bertz CT molecular complexity index is 805. The summed E-state index contributed by atoms with van der Waals surface area (Å²) >= 11 is 0. The first-order chi connectivity index (χ1) is 13.0. The molecule has 27 heavy (non-hydrogen) atoms. The van der Waals surface area contributed by atoms with Crippen LogP contribution in [0.15, 0.2) is 24.3 Å². The lowest BCUT2D eigenvalue weighted by Gasteiger charge is -2.33. The molecule has 144 valence electrons. The number of benzene rings is 1. The van der Waals surface area contributed by atoms with Crippen molar-refractivity contribution in [2.24, 2.45) is 0 Å². The number of amides is 1. The van der Waals surface area contributed by atoms with Gasteiger partial charge < -0.3 is 19.7 Å². The summed E-state index contributed by atoms with van der Waals surface area (Å²) in [4.78, 5) is 23.3. The van der Waals surface area contributed by atoms with Crippen LogP contribution >= 0.6 is 0 Å². The van der Waals surface area contributed by atoms with Crippen molar-refractivity contribution in [1.82, 2.24) is 14.9 Å². The molecule has 7 heteroatoms. The number of nitrogens with zero attached hydrogens (tertiary/aromatic N) is 3. The second kappa shape index (κ2) is 8.24. The van der Waals surface area contributed by atoms with Crippen molar-refractivity contribution in [3.05, 3.63) is 41.5 Å². The number of aromatic nitrogens is 2. The third-order valence-corrected chi connectivity index (χ3v) is 4.65. The average Bonchev–Trinajstić information content (AvgIpc) is 2.66. The van der Waals surface area contributed by atoms with E-state index in [9.17, 15) is 4.79 Å². The standard InChI is InChI=1S/C20H26N4O3/c1-13-10-17(22-14(2)21-13)20(25)24-9-5-6-16(12-24)23-15-7-8-18(26-3)19(11-15)27-4/h7-8,10-11,16,23H,5-6,9,12H2,1-4H3. The van der Waals surface area contributed by atoms with Gasteiger partial charge in [-0.25, -0.2) is 9.97 Å². The van der Waals surface area contributed by atoms with Crippen LogP contribution in [0.5, 0.6) is 11.5 Å². The maximum absolute atomic E-state index is 12.9. The van der Waals surface area contributed by atoms with Crippen molar-refractivity contribution in [2.75, 3.05) is 32.6 Å². The molecule has 1 unspecified atom stereocenters. The Hall–Kier alpha value is -2.83. The summed E-state index contributed by atoms with van der Waals surface area (Å²) in [5.74, 6) is 1.95. The van der Waals surface area contributed by atoms with Crippen molar-refractivity contribution < 1.29 is 14.3 Å². The number of hydrogen-bond donors (Lipinski definition) is 1. The van der Waals surface area contributed by atoms with Crippen LogP contribution in [-0.4, -0.2) is 54.1 Å². The molecule has 1 N–H and O–H groups in total. The van der Waals surface area contributed by atoms with E-state index in [0.717, 1.165) is 30.8 Å². The highest BCUT2D eigenvalue weighted by atomic mass is 16.5. The molecule has 1 aliphatic heterocycles. The van der Waals surface area contributed by atoms with E-state index in [2.05, 4.69) is 15.3 Å². The summed E-state index contributed by atoms with van der Waals surface area (Å²) in [6.45, 7) is 5.06. The van der Waals surface area contributed by atoms with Crippen molar-refractivity contribution in [2.45, 2.75) is 32.7 Å². The Labute approximate surface area is 159 Å². The van der Waals surface area contributed by atoms with Gasteiger partial charge in [-0.05, 0) is 44.9 Å². The van der Waals surface area contributed by atoms with Crippen molar-refractivity contribution >= 4 is 11.6 Å². The second-order valence-electron chi connectivity index (χ2n) is 6.75. The number of nitrogens with one attached hydrogen (secondary N) is 1. The molecule has 0 radical (unpaired) electrons. The molecule has 1 aromatic carbocycles. The van der Waals surface area contributed by atoms with E-state index in [0.29, 0.717) is 29.6 Å². The number of ether oxygens (including phenoxy) is 2. The van der Waals surface area contributed by atoms with Gasteiger partial charge in [0.05, 0.1) is 14.2 Å². The Kier molecular flexibility index (Phi) is 5.78. The third kappa shape index (κ3) is 4.48. The number of likely N-dealkylation sites (tertiary alicyclic amines) is 1. The number of anilines is 1. The minimum Gasteiger partial charge on any atom is -0.493 e. The molecule has 2 heterocycles. The van der Waals surface area contributed by atoms with Gasteiger partial charge >= 0.3 is 0 Å². The summed E-state index contributed by atoms with van der Waals surface area (Å²) < 4.78 is 10.6. The third-order valence-electron chi connectivity index (χ3n) is 4.65. The molecule has 1 aromatic heterocycles. The zero-order valence-corrected chi connectivity index (χ0v) is 16.3. The van der Waals surface area contributed by atoms with E-state index in [-0.39, 0.29) is 11.9 Å². The first-order valence-corrected chi connectivity index (χ1v) is 9.10. The predicted molar refractivity (Wildman–Crippen MR) is 104 cm³/mol. The van der Waals surface area contributed by atoms with Crippen LogP contribution in [0.25, 0.3) is 0 Å². The van der Waals surface area contributed by atoms with E-state index in [4.69, 9.17) is 9.47 Å². The summed E-state index contributed by atoms with van der Waals surface area (Å²) in [6.07, 6.45) is 1.94. The van der Waals surface area contributed by atoms with E-state index in [1.807, 2.05) is 30.0 Å². The van der Waals surface area contributed by atoms with Crippen molar-refractivity contribution in [3.63, 3.8) is 0 Å². The smallest absolute Gasteiger partial charge is 0.272 e. The zero-order valence-electron chi connectivity index (χ0n) is 16.3. The van der Waals surface area contributed by atoms with Crippen LogP contribution in [0, 0.1) is 13.8 Å². The lowest BCUT2D eigenvalue weighted by atomic mass is 10.0. The number of rotatable bonds is 5. The number of piperidine rings is 1. The first kappa shape index (κ1) is 18.9. The molecule has 7 nitrogen and oxygen atoms in total. The number of carbonyl (C=O) groups is 1. The quantitative estimate of drug-likeness (QED) is 0.872. The second-order valence-corrected chi connectivity index (χ2v) is 6.75. The molecule has 0 bridgehead atoms. The van der Waals surface area contributed by atoms with Crippen LogP contribution in [0.3, 0.4) is 0 Å². The predicted octanol–water partition coefficient (Wildman–Crippen LogP) is 2.83. The molecule has 0 spiro atoms. The van der Waals surface area contributed by atoms with Crippen LogP contribution in [-0.2, 0) is 0 Å².